The van der Waals surface area contributed by atoms with Crippen molar-refractivity contribution in [3.63, 3.8) is 0 Å². The van der Waals surface area contributed by atoms with Gasteiger partial charge in [-0.2, -0.15) is 0 Å². The molecular weight excluding hydrogens is 174 g/mol. The standard InChI is InChI=1S/C8H16NO2S/c10-12(11)6-2-4-8-3-1-5-9-7-8/h3,8-9,12H,1-2,4-7H2. The van der Waals surface area contributed by atoms with Crippen LogP contribution in [0.25, 0.3) is 0 Å². The Labute approximate surface area is 75.5 Å². The molecule has 0 saturated carbocycles. The molecule has 0 spiro atoms. The lowest BCUT2D eigenvalue weighted by molar-refractivity contribution is 0.436. The summed E-state index contributed by atoms with van der Waals surface area (Å²) < 4.78 is 20.5. The number of rotatable bonds is 4. The van der Waals surface area contributed by atoms with Crippen molar-refractivity contribution in [1.29, 1.82) is 0 Å². The van der Waals surface area contributed by atoms with Gasteiger partial charge in [0.05, 0.1) is 0 Å². The van der Waals surface area contributed by atoms with Crippen LogP contribution >= 0.6 is 0 Å². The van der Waals surface area contributed by atoms with Crippen molar-refractivity contribution in [3.05, 3.63) is 6.42 Å². The summed E-state index contributed by atoms with van der Waals surface area (Å²) in [6.07, 6.45) is 5.24. The summed E-state index contributed by atoms with van der Waals surface area (Å²) in [6.45, 7) is 2.10. The molecular formula is C8H16NO2S. The molecule has 71 valence electrons. The van der Waals surface area contributed by atoms with Crippen LogP contribution in [0.5, 0.6) is 0 Å². The van der Waals surface area contributed by atoms with E-state index in [2.05, 4.69) is 11.7 Å². The molecule has 1 fully saturated rings. The first-order chi connectivity index (χ1) is 5.79. The number of hydrogen-bond donors (Lipinski definition) is 2. The van der Waals surface area contributed by atoms with E-state index in [0.29, 0.717) is 11.7 Å². The van der Waals surface area contributed by atoms with Gasteiger partial charge in [0.25, 0.3) is 0 Å². The molecule has 1 saturated heterocycles. The van der Waals surface area contributed by atoms with Crippen LogP contribution in [0.2, 0.25) is 0 Å². The van der Waals surface area contributed by atoms with Crippen LogP contribution < -0.4 is 5.32 Å². The lowest BCUT2D eigenvalue weighted by Gasteiger charge is -2.21. The molecule has 1 radical (unpaired) electrons. The van der Waals surface area contributed by atoms with Crippen molar-refractivity contribution in [2.75, 3.05) is 18.8 Å². The van der Waals surface area contributed by atoms with Crippen molar-refractivity contribution < 1.29 is 8.42 Å². The highest BCUT2D eigenvalue weighted by molar-refractivity contribution is 7.72. The van der Waals surface area contributed by atoms with Gasteiger partial charge in [-0.25, -0.2) is 8.42 Å². The maximum atomic E-state index is 10.3. The third kappa shape index (κ3) is 4.07. The summed E-state index contributed by atoms with van der Waals surface area (Å²) in [7, 11) is -2.16. The molecule has 0 aromatic carbocycles. The van der Waals surface area contributed by atoms with Gasteiger partial charge >= 0.3 is 0 Å². The first kappa shape index (κ1) is 9.99. The minimum atomic E-state index is -2.16. The van der Waals surface area contributed by atoms with Crippen molar-refractivity contribution in [2.24, 2.45) is 5.92 Å². The van der Waals surface area contributed by atoms with Gasteiger partial charge in [0.1, 0.15) is 10.7 Å². The molecule has 1 aliphatic rings. The van der Waals surface area contributed by atoms with Crippen LogP contribution in [0.3, 0.4) is 0 Å². The van der Waals surface area contributed by atoms with Crippen LogP contribution in [0.1, 0.15) is 19.3 Å². The smallest absolute Gasteiger partial charge is 0.140 e. The summed E-state index contributed by atoms with van der Waals surface area (Å²) in [5.41, 5.74) is 0. The van der Waals surface area contributed by atoms with Crippen LogP contribution in [0.15, 0.2) is 0 Å². The largest absolute Gasteiger partial charge is 0.316 e. The van der Waals surface area contributed by atoms with Crippen molar-refractivity contribution >= 4 is 10.7 Å². The molecule has 0 amide bonds. The predicted molar refractivity (Wildman–Crippen MR) is 49.7 cm³/mol. The fourth-order valence-electron chi connectivity index (χ4n) is 1.49. The molecule has 1 atom stereocenters. The van der Waals surface area contributed by atoms with Gasteiger partial charge in [-0.15, -0.1) is 0 Å². The Morgan fingerprint density at radius 2 is 2.33 bits per heavy atom. The summed E-state index contributed by atoms with van der Waals surface area (Å²) in [4.78, 5) is 0. The molecule has 12 heavy (non-hydrogen) atoms. The van der Waals surface area contributed by atoms with Gasteiger partial charge in [0, 0.05) is 5.75 Å². The minimum Gasteiger partial charge on any atom is -0.316 e. The van der Waals surface area contributed by atoms with E-state index in [0.717, 1.165) is 32.4 Å². The molecule has 1 heterocycles. The maximum Gasteiger partial charge on any atom is 0.140 e. The molecule has 1 rings (SSSR count). The molecule has 1 N–H and O–H groups in total. The summed E-state index contributed by atoms with van der Waals surface area (Å²) in [6, 6.07) is 0. The highest BCUT2D eigenvalue weighted by Crippen LogP contribution is 2.14. The minimum absolute atomic E-state index is 0.347. The van der Waals surface area contributed by atoms with Crippen LogP contribution in [-0.4, -0.2) is 27.3 Å². The molecule has 1 unspecified atom stereocenters. The van der Waals surface area contributed by atoms with E-state index in [1.54, 1.807) is 0 Å². The molecule has 4 heteroatoms. The molecule has 3 nitrogen and oxygen atoms in total. The van der Waals surface area contributed by atoms with E-state index < -0.39 is 10.7 Å². The third-order valence-corrected chi connectivity index (χ3v) is 2.82. The van der Waals surface area contributed by atoms with Gasteiger partial charge in [-0.3, -0.25) is 0 Å². The summed E-state index contributed by atoms with van der Waals surface area (Å²) in [5, 5.41) is 3.29. The lowest BCUT2D eigenvalue weighted by atomic mass is 9.95. The molecule has 1 aliphatic heterocycles. The normalized spacial score (nSPS) is 24.6. The highest BCUT2D eigenvalue weighted by Gasteiger charge is 2.12. The Morgan fingerprint density at radius 3 is 2.92 bits per heavy atom. The van der Waals surface area contributed by atoms with Gasteiger partial charge in [0.15, 0.2) is 0 Å². The summed E-state index contributed by atoms with van der Waals surface area (Å²) in [5.74, 6) is 0.938. The summed E-state index contributed by atoms with van der Waals surface area (Å²) >= 11 is 0. The SMILES string of the molecule is O=[SH](=O)CCCC1[CH]CCNC1. The van der Waals surface area contributed by atoms with E-state index in [9.17, 15) is 8.42 Å². The van der Waals surface area contributed by atoms with Crippen molar-refractivity contribution in [1.82, 2.24) is 5.32 Å². The Kier molecular flexibility index (Phi) is 4.61. The molecule has 0 aliphatic carbocycles. The van der Waals surface area contributed by atoms with Crippen LogP contribution in [0.4, 0.5) is 0 Å². The second-order valence-corrected chi connectivity index (χ2v) is 4.30. The quantitative estimate of drug-likeness (QED) is 0.622. The zero-order valence-corrected chi connectivity index (χ0v) is 8.06. The van der Waals surface area contributed by atoms with Crippen molar-refractivity contribution in [2.45, 2.75) is 19.3 Å². The average Bonchev–Trinajstić information content (AvgIpc) is 2.05. The number of piperidine rings is 1. The predicted octanol–water partition coefficient (Wildman–Crippen LogP) is 0.192. The van der Waals surface area contributed by atoms with E-state index in [4.69, 9.17) is 0 Å². The average molecular weight is 190 g/mol. The van der Waals surface area contributed by atoms with Crippen LogP contribution in [0, 0.1) is 12.3 Å². The fourth-order valence-corrected chi connectivity index (χ4v) is 1.94. The maximum absolute atomic E-state index is 10.3. The molecule has 0 aromatic rings. The second kappa shape index (κ2) is 5.54. The van der Waals surface area contributed by atoms with Gasteiger partial charge < -0.3 is 5.32 Å². The number of hydrogen-bond acceptors (Lipinski definition) is 3. The Balaban J connectivity index is 2.05. The van der Waals surface area contributed by atoms with E-state index >= 15 is 0 Å². The zero-order chi connectivity index (χ0) is 8.81. The zero-order valence-electron chi connectivity index (χ0n) is 7.16. The van der Waals surface area contributed by atoms with E-state index in [1.165, 1.54) is 0 Å². The monoisotopic (exact) mass is 190 g/mol. The molecule has 0 bridgehead atoms. The van der Waals surface area contributed by atoms with Gasteiger partial charge in [0.2, 0.25) is 0 Å². The van der Waals surface area contributed by atoms with Crippen LogP contribution in [-0.2, 0) is 10.7 Å². The Morgan fingerprint density at radius 1 is 1.50 bits per heavy atom. The van der Waals surface area contributed by atoms with Crippen molar-refractivity contribution in [3.8, 4) is 0 Å². The van der Waals surface area contributed by atoms with Gasteiger partial charge in [-0.1, -0.05) is 0 Å². The van der Waals surface area contributed by atoms with Gasteiger partial charge in [-0.05, 0) is 44.7 Å². The molecule has 0 aromatic heterocycles. The Bertz CT molecular complexity index is 177. The number of nitrogens with one attached hydrogen (secondary N) is 1. The van der Waals surface area contributed by atoms with E-state index in [-0.39, 0.29) is 0 Å². The topological polar surface area (TPSA) is 46.2 Å². The Hall–Kier alpha value is -0.0900. The lowest BCUT2D eigenvalue weighted by Crippen LogP contribution is -2.30. The third-order valence-electron chi connectivity index (χ3n) is 2.14. The first-order valence-electron chi connectivity index (χ1n) is 4.45. The van der Waals surface area contributed by atoms with E-state index in [1.807, 2.05) is 0 Å². The highest BCUT2D eigenvalue weighted by atomic mass is 32.2. The fraction of sp³-hybridized carbons (Fsp3) is 0.875. The second-order valence-electron chi connectivity index (χ2n) is 3.19. The first-order valence-corrected chi connectivity index (χ1v) is 5.81. The number of thiol groups is 1.